The molecule has 0 spiro atoms. The molecule has 0 aromatic carbocycles. The van der Waals surface area contributed by atoms with Gasteiger partial charge in [0.05, 0.1) is 17.3 Å². The van der Waals surface area contributed by atoms with E-state index in [0.29, 0.717) is 24.6 Å². The molecule has 21 heavy (non-hydrogen) atoms. The van der Waals surface area contributed by atoms with Crippen molar-refractivity contribution >= 4 is 17.2 Å². The lowest BCUT2D eigenvalue weighted by molar-refractivity contribution is 0.0684. The topological polar surface area (TPSA) is 55.3 Å². The fourth-order valence-electron chi connectivity index (χ4n) is 2.04. The fraction of sp³-hybridized carbons (Fsp3) is 0.400. The van der Waals surface area contributed by atoms with E-state index in [1.54, 1.807) is 24.4 Å². The molecule has 0 aliphatic heterocycles. The van der Waals surface area contributed by atoms with Crippen molar-refractivity contribution in [3.63, 3.8) is 0 Å². The van der Waals surface area contributed by atoms with Gasteiger partial charge in [0.15, 0.2) is 0 Å². The van der Waals surface area contributed by atoms with E-state index in [0.717, 1.165) is 16.3 Å². The minimum atomic E-state index is 0.00645. The monoisotopic (exact) mass is 305 g/mol. The second kappa shape index (κ2) is 7.28. The van der Waals surface area contributed by atoms with Gasteiger partial charge in [-0.3, -0.25) is 9.78 Å². The number of nitrogens with zero attached hydrogens (tertiary/aromatic N) is 3. The number of hydrogen-bond acceptors (Lipinski definition) is 5. The van der Waals surface area contributed by atoms with Gasteiger partial charge >= 0.3 is 0 Å². The van der Waals surface area contributed by atoms with Crippen LogP contribution in [0.1, 0.15) is 25.9 Å². The van der Waals surface area contributed by atoms with E-state index in [-0.39, 0.29) is 5.91 Å². The summed E-state index contributed by atoms with van der Waals surface area (Å²) in [6, 6.07) is 3.83. The molecule has 0 aliphatic carbocycles. The lowest BCUT2D eigenvalue weighted by Crippen LogP contribution is -2.33. The third-order valence-corrected chi connectivity index (χ3v) is 4.13. The number of carbonyl (C=O) groups excluding carboxylic acids is 1. The Morgan fingerprint density at radius 2 is 2.05 bits per heavy atom. The van der Waals surface area contributed by atoms with Gasteiger partial charge in [-0.05, 0) is 31.5 Å². The van der Waals surface area contributed by atoms with Crippen LogP contribution in [-0.2, 0) is 11.3 Å². The van der Waals surface area contributed by atoms with Crippen LogP contribution in [0.15, 0.2) is 24.5 Å². The van der Waals surface area contributed by atoms with E-state index in [4.69, 9.17) is 4.74 Å². The van der Waals surface area contributed by atoms with Gasteiger partial charge in [-0.1, -0.05) is 0 Å². The molecule has 1 amide bonds. The Bertz CT molecular complexity index is 598. The first-order valence-electron chi connectivity index (χ1n) is 6.73. The highest BCUT2D eigenvalue weighted by Crippen LogP contribution is 2.20. The predicted octanol–water partition coefficient (Wildman–Crippen LogP) is 2.44. The van der Waals surface area contributed by atoms with E-state index >= 15 is 0 Å². The van der Waals surface area contributed by atoms with Crippen LogP contribution in [-0.4, -0.2) is 41.0 Å². The molecule has 2 aromatic heterocycles. The molecule has 0 saturated carbocycles. The molecule has 2 heterocycles. The molecule has 0 unspecified atom stereocenters. The number of aromatic nitrogens is 2. The van der Waals surface area contributed by atoms with Crippen LogP contribution in [0.5, 0.6) is 0 Å². The van der Waals surface area contributed by atoms with Gasteiger partial charge < -0.3 is 9.64 Å². The summed E-state index contributed by atoms with van der Waals surface area (Å²) >= 11 is 1.44. The quantitative estimate of drug-likeness (QED) is 0.822. The number of ether oxygens (including phenoxy) is 1. The summed E-state index contributed by atoms with van der Waals surface area (Å²) in [4.78, 5) is 23.5. The van der Waals surface area contributed by atoms with Crippen LogP contribution >= 0.6 is 11.3 Å². The fourth-order valence-corrected chi connectivity index (χ4v) is 2.92. The molecule has 0 aliphatic rings. The van der Waals surface area contributed by atoms with E-state index in [2.05, 4.69) is 9.97 Å². The molecular formula is C15H19N3O2S. The number of carbonyl (C=O) groups is 1. The number of methoxy groups -OCH3 is 1. The SMILES string of the molecule is COCCN(Cc1ccncc1)C(=O)c1sc(C)nc1C. The summed E-state index contributed by atoms with van der Waals surface area (Å²) < 4.78 is 5.11. The lowest BCUT2D eigenvalue weighted by atomic mass is 10.2. The molecule has 0 fully saturated rings. The first kappa shape index (κ1) is 15.6. The Morgan fingerprint density at radius 3 is 2.62 bits per heavy atom. The summed E-state index contributed by atoms with van der Waals surface area (Å²) in [5.41, 5.74) is 1.84. The maximum atomic E-state index is 12.7. The maximum Gasteiger partial charge on any atom is 0.266 e. The minimum Gasteiger partial charge on any atom is -0.383 e. The van der Waals surface area contributed by atoms with Gasteiger partial charge in [0, 0.05) is 32.6 Å². The Kier molecular flexibility index (Phi) is 5.41. The Labute approximate surface area is 128 Å². The van der Waals surface area contributed by atoms with Crippen LogP contribution in [0.3, 0.4) is 0 Å². The normalized spacial score (nSPS) is 10.6. The zero-order chi connectivity index (χ0) is 15.2. The number of aryl methyl sites for hydroxylation is 2. The van der Waals surface area contributed by atoms with Crippen LogP contribution in [0.4, 0.5) is 0 Å². The molecule has 2 rings (SSSR count). The van der Waals surface area contributed by atoms with E-state index in [9.17, 15) is 4.79 Å². The number of thiazole rings is 1. The number of rotatable bonds is 6. The molecule has 5 nitrogen and oxygen atoms in total. The van der Waals surface area contributed by atoms with Crippen LogP contribution in [0.2, 0.25) is 0 Å². The summed E-state index contributed by atoms with van der Waals surface area (Å²) in [5, 5.41) is 0.909. The van der Waals surface area contributed by atoms with Crippen molar-refractivity contribution in [3.05, 3.63) is 45.7 Å². The van der Waals surface area contributed by atoms with Crippen molar-refractivity contribution in [1.29, 1.82) is 0 Å². The maximum absolute atomic E-state index is 12.7. The minimum absolute atomic E-state index is 0.00645. The highest BCUT2D eigenvalue weighted by Gasteiger charge is 2.20. The highest BCUT2D eigenvalue weighted by molar-refractivity contribution is 7.13. The van der Waals surface area contributed by atoms with Crippen LogP contribution < -0.4 is 0 Å². The molecule has 0 radical (unpaired) electrons. The summed E-state index contributed by atoms with van der Waals surface area (Å²) in [6.45, 7) is 5.39. The number of amides is 1. The first-order valence-corrected chi connectivity index (χ1v) is 7.54. The lowest BCUT2D eigenvalue weighted by Gasteiger charge is -2.22. The largest absolute Gasteiger partial charge is 0.383 e. The van der Waals surface area contributed by atoms with Gasteiger partial charge in [0.2, 0.25) is 0 Å². The van der Waals surface area contributed by atoms with E-state index in [1.165, 1.54) is 11.3 Å². The Morgan fingerprint density at radius 1 is 1.33 bits per heavy atom. The van der Waals surface area contributed by atoms with Crippen molar-refractivity contribution in [1.82, 2.24) is 14.9 Å². The molecule has 2 aromatic rings. The molecule has 0 saturated heterocycles. The molecule has 0 bridgehead atoms. The average molecular weight is 305 g/mol. The van der Waals surface area contributed by atoms with Crippen molar-refractivity contribution in [2.75, 3.05) is 20.3 Å². The summed E-state index contributed by atoms with van der Waals surface area (Å²) in [5.74, 6) is 0.00645. The average Bonchev–Trinajstić information content (AvgIpc) is 2.82. The van der Waals surface area contributed by atoms with Gasteiger partial charge in [0.25, 0.3) is 5.91 Å². The van der Waals surface area contributed by atoms with Crippen LogP contribution in [0.25, 0.3) is 0 Å². The van der Waals surface area contributed by atoms with Gasteiger partial charge in [-0.2, -0.15) is 0 Å². The number of pyridine rings is 1. The highest BCUT2D eigenvalue weighted by atomic mass is 32.1. The molecule has 6 heteroatoms. The molecule has 0 atom stereocenters. The second-order valence-corrected chi connectivity index (χ2v) is 5.93. The standard InChI is InChI=1S/C15H19N3O2S/c1-11-14(21-12(2)17-11)15(19)18(8-9-20-3)10-13-4-6-16-7-5-13/h4-7H,8-10H2,1-3H3. The number of hydrogen-bond donors (Lipinski definition) is 0. The first-order chi connectivity index (χ1) is 10.1. The smallest absolute Gasteiger partial charge is 0.266 e. The van der Waals surface area contributed by atoms with Crippen molar-refractivity contribution in [2.24, 2.45) is 0 Å². The summed E-state index contributed by atoms with van der Waals surface area (Å²) in [6.07, 6.45) is 3.47. The Hall–Kier alpha value is -1.79. The van der Waals surface area contributed by atoms with Crippen molar-refractivity contribution < 1.29 is 9.53 Å². The molecule has 0 N–H and O–H groups in total. The second-order valence-electron chi connectivity index (χ2n) is 4.72. The van der Waals surface area contributed by atoms with E-state index in [1.807, 2.05) is 26.0 Å². The Balaban J connectivity index is 2.19. The third-order valence-electron chi connectivity index (χ3n) is 3.07. The summed E-state index contributed by atoms with van der Waals surface area (Å²) in [7, 11) is 1.64. The zero-order valence-electron chi connectivity index (χ0n) is 12.5. The van der Waals surface area contributed by atoms with Gasteiger partial charge in [-0.25, -0.2) is 4.98 Å². The predicted molar refractivity (Wildman–Crippen MR) is 82.4 cm³/mol. The van der Waals surface area contributed by atoms with Gasteiger partial charge in [-0.15, -0.1) is 11.3 Å². The van der Waals surface area contributed by atoms with Gasteiger partial charge in [0.1, 0.15) is 4.88 Å². The van der Waals surface area contributed by atoms with Crippen LogP contribution in [0, 0.1) is 13.8 Å². The van der Waals surface area contributed by atoms with E-state index < -0.39 is 0 Å². The third kappa shape index (κ3) is 4.09. The van der Waals surface area contributed by atoms with Crippen molar-refractivity contribution in [3.8, 4) is 0 Å². The molecular weight excluding hydrogens is 286 g/mol. The van der Waals surface area contributed by atoms with Crippen molar-refractivity contribution in [2.45, 2.75) is 20.4 Å². The zero-order valence-corrected chi connectivity index (χ0v) is 13.3. The molecule has 112 valence electrons.